The Kier molecular flexibility index (Phi) is 6.55. The van der Waals surface area contributed by atoms with Crippen LogP contribution in [-0.4, -0.2) is 19.1 Å². The fourth-order valence-electron chi connectivity index (χ4n) is 2.13. The normalized spacial score (nSPS) is 13.7. The van der Waals surface area contributed by atoms with E-state index in [0.717, 1.165) is 12.2 Å². The lowest BCUT2D eigenvalue weighted by Gasteiger charge is -2.18. The molecule has 0 radical (unpaired) electrons. The van der Waals surface area contributed by atoms with Gasteiger partial charge in [-0.25, -0.2) is 0 Å². The molecule has 0 spiro atoms. The summed E-state index contributed by atoms with van der Waals surface area (Å²) in [4.78, 5) is 11.8. The Morgan fingerprint density at radius 1 is 1.18 bits per heavy atom. The van der Waals surface area contributed by atoms with Gasteiger partial charge in [0.15, 0.2) is 11.5 Å². The first-order valence-electron chi connectivity index (χ1n) is 7.83. The van der Waals surface area contributed by atoms with Crippen LogP contribution in [0.2, 0.25) is 0 Å². The van der Waals surface area contributed by atoms with E-state index < -0.39 is 0 Å². The highest BCUT2D eigenvalue weighted by atomic mass is 16.6. The van der Waals surface area contributed by atoms with Crippen molar-refractivity contribution >= 4 is 11.6 Å². The van der Waals surface area contributed by atoms with Crippen molar-refractivity contribution < 1.29 is 14.3 Å². The van der Waals surface area contributed by atoms with Crippen LogP contribution in [0.3, 0.4) is 0 Å². The second kappa shape index (κ2) is 8.93. The number of ether oxygens (including phenoxy) is 2. The van der Waals surface area contributed by atoms with Gasteiger partial charge in [-0.3, -0.25) is 4.79 Å². The summed E-state index contributed by atoms with van der Waals surface area (Å²) < 4.78 is 10.9. The predicted molar refractivity (Wildman–Crippen MR) is 88.5 cm³/mol. The lowest BCUT2D eigenvalue weighted by Crippen LogP contribution is -2.16. The van der Waals surface area contributed by atoms with Crippen molar-refractivity contribution in [3.8, 4) is 11.5 Å². The molecular formula is C18H23NO3. The molecule has 1 aromatic carbocycles. The quantitative estimate of drug-likeness (QED) is 0.469. The number of fused-ring (bicyclic) bond motifs is 1. The summed E-state index contributed by atoms with van der Waals surface area (Å²) >= 11 is 0. The highest BCUT2D eigenvalue weighted by Crippen LogP contribution is 2.32. The number of amides is 1. The third-order valence-corrected chi connectivity index (χ3v) is 3.28. The lowest BCUT2D eigenvalue weighted by molar-refractivity contribution is -0.111. The maximum absolute atomic E-state index is 11.8. The van der Waals surface area contributed by atoms with Crippen LogP contribution in [0, 0.1) is 0 Å². The molecular weight excluding hydrogens is 278 g/mol. The van der Waals surface area contributed by atoms with E-state index in [-0.39, 0.29) is 5.91 Å². The number of hydrogen-bond acceptors (Lipinski definition) is 3. The summed E-state index contributed by atoms with van der Waals surface area (Å²) in [5.74, 6) is 1.23. The molecule has 1 amide bonds. The zero-order chi connectivity index (χ0) is 15.6. The molecule has 22 heavy (non-hydrogen) atoms. The molecule has 1 N–H and O–H groups in total. The number of hydrogen-bond donors (Lipinski definition) is 1. The molecule has 0 saturated heterocycles. The molecule has 0 unspecified atom stereocenters. The maximum atomic E-state index is 11.8. The van der Waals surface area contributed by atoms with E-state index in [2.05, 4.69) is 18.3 Å². The fraction of sp³-hybridized carbons (Fsp3) is 0.389. The molecule has 1 heterocycles. The van der Waals surface area contributed by atoms with E-state index in [9.17, 15) is 4.79 Å². The number of anilines is 1. The molecule has 0 bridgehead atoms. The van der Waals surface area contributed by atoms with Crippen molar-refractivity contribution in [1.29, 1.82) is 0 Å². The zero-order valence-electron chi connectivity index (χ0n) is 13.0. The molecule has 4 heteroatoms. The van der Waals surface area contributed by atoms with Crippen molar-refractivity contribution in [2.24, 2.45) is 0 Å². The van der Waals surface area contributed by atoms with Gasteiger partial charge in [0, 0.05) is 17.8 Å². The number of carbonyl (C=O) groups excluding carboxylic acids is 1. The highest BCUT2D eigenvalue weighted by molar-refractivity contribution is 5.99. The molecule has 2 rings (SSSR count). The summed E-state index contributed by atoms with van der Waals surface area (Å²) in [6.45, 7) is 3.28. The van der Waals surface area contributed by atoms with Gasteiger partial charge in [0.05, 0.1) is 0 Å². The SMILES string of the molecule is CCCCC/C=C/C=C/C(=O)Nc1ccc2c(c1)OCCO2. The third kappa shape index (κ3) is 5.28. The van der Waals surface area contributed by atoms with Crippen LogP contribution in [-0.2, 0) is 4.79 Å². The number of carbonyl (C=O) groups is 1. The van der Waals surface area contributed by atoms with Gasteiger partial charge in [-0.1, -0.05) is 38.0 Å². The maximum Gasteiger partial charge on any atom is 0.248 e. The van der Waals surface area contributed by atoms with E-state index in [1.54, 1.807) is 24.3 Å². The molecule has 0 fully saturated rings. The fourth-order valence-corrected chi connectivity index (χ4v) is 2.13. The lowest BCUT2D eigenvalue weighted by atomic mass is 10.2. The van der Waals surface area contributed by atoms with E-state index >= 15 is 0 Å². The van der Waals surface area contributed by atoms with Gasteiger partial charge < -0.3 is 14.8 Å². The molecule has 0 atom stereocenters. The van der Waals surface area contributed by atoms with Crippen molar-refractivity contribution in [2.45, 2.75) is 32.6 Å². The van der Waals surface area contributed by atoms with Crippen molar-refractivity contribution in [1.82, 2.24) is 0 Å². The number of unbranched alkanes of at least 4 members (excludes halogenated alkanes) is 3. The summed E-state index contributed by atoms with van der Waals surface area (Å²) in [5, 5.41) is 2.81. The van der Waals surface area contributed by atoms with Gasteiger partial charge >= 0.3 is 0 Å². The van der Waals surface area contributed by atoms with E-state index in [1.165, 1.54) is 25.3 Å². The van der Waals surface area contributed by atoms with Gasteiger partial charge in [-0.15, -0.1) is 0 Å². The van der Waals surface area contributed by atoms with Crippen LogP contribution in [0.15, 0.2) is 42.5 Å². The van der Waals surface area contributed by atoms with Crippen LogP contribution >= 0.6 is 0 Å². The molecule has 1 aromatic rings. The first-order valence-corrected chi connectivity index (χ1v) is 7.83. The molecule has 4 nitrogen and oxygen atoms in total. The Bertz CT molecular complexity index is 549. The molecule has 0 saturated carbocycles. The summed E-state index contributed by atoms with van der Waals surface area (Å²) in [6.07, 6.45) is 12.0. The van der Waals surface area contributed by atoms with E-state index in [0.29, 0.717) is 24.7 Å². The van der Waals surface area contributed by atoms with Gasteiger partial charge in [0.1, 0.15) is 13.2 Å². The first kappa shape index (κ1) is 16.1. The Morgan fingerprint density at radius 2 is 2.00 bits per heavy atom. The third-order valence-electron chi connectivity index (χ3n) is 3.28. The Morgan fingerprint density at radius 3 is 2.82 bits per heavy atom. The van der Waals surface area contributed by atoms with Gasteiger partial charge in [-0.2, -0.15) is 0 Å². The summed E-state index contributed by atoms with van der Waals surface area (Å²) in [7, 11) is 0. The summed E-state index contributed by atoms with van der Waals surface area (Å²) in [6, 6.07) is 5.39. The average molecular weight is 301 g/mol. The van der Waals surface area contributed by atoms with E-state index in [4.69, 9.17) is 9.47 Å². The Labute approximate surface area is 131 Å². The Balaban J connectivity index is 1.79. The van der Waals surface area contributed by atoms with Crippen molar-refractivity contribution in [3.05, 3.63) is 42.5 Å². The second-order valence-corrected chi connectivity index (χ2v) is 5.13. The van der Waals surface area contributed by atoms with Gasteiger partial charge in [-0.05, 0) is 25.0 Å². The van der Waals surface area contributed by atoms with Gasteiger partial charge in [0.2, 0.25) is 5.91 Å². The molecule has 1 aliphatic rings. The highest BCUT2D eigenvalue weighted by Gasteiger charge is 2.11. The molecule has 0 aromatic heterocycles. The van der Waals surface area contributed by atoms with Crippen LogP contribution in [0.5, 0.6) is 11.5 Å². The van der Waals surface area contributed by atoms with Crippen LogP contribution in [0.1, 0.15) is 32.6 Å². The van der Waals surface area contributed by atoms with Crippen LogP contribution in [0.25, 0.3) is 0 Å². The largest absolute Gasteiger partial charge is 0.486 e. The van der Waals surface area contributed by atoms with E-state index in [1.807, 2.05) is 6.08 Å². The monoisotopic (exact) mass is 301 g/mol. The number of nitrogens with one attached hydrogen (secondary N) is 1. The molecule has 1 aliphatic heterocycles. The standard InChI is InChI=1S/C18H23NO3/c1-2-3-4-5-6-7-8-9-18(20)19-15-10-11-16-17(14-15)22-13-12-21-16/h6-11,14H,2-5,12-13H2,1H3,(H,19,20)/b7-6+,9-8+. The average Bonchev–Trinajstić information content (AvgIpc) is 2.54. The van der Waals surface area contributed by atoms with Crippen LogP contribution < -0.4 is 14.8 Å². The smallest absolute Gasteiger partial charge is 0.248 e. The minimum atomic E-state index is -0.158. The number of rotatable bonds is 7. The minimum Gasteiger partial charge on any atom is -0.486 e. The topological polar surface area (TPSA) is 47.6 Å². The molecule has 0 aliphatic carbocycles. The summed E-state index contributed by atoms with van der Waals surface area (Å²) in [5.41, 5.74) is 0.700. The van der Waals surface area contributed by atoms with Gasteiger partial charge in [0.25, 0.3) is 0 Å². The van der Waals surface area contributed by atoms with Crippen molar-refractivity contribution in [2.75, 3.05) is 18.5 Å². The van der Waals surface area contributed by atoms with Crippen molar-refractivity contribution in [3.63, 3.8) is 0 Å². The molecule has 118 valence electrons. The minimum absolute atomic E-state index is 0.158. The number of allylic oxidation sites excluding steroid dienone is 3. The zero-order valence-corrected chi connectivity index (χ0v) is 13.0. The first-order chi connectivity index (χ1) is 10.8. The predicted octanol–water partition coefficient (Wildman–Crippen LogP) is 4.09. The second-order valence-electron chi connectivity index (χ2n) is 5.13. The van der Waals surface area contributed by atoms with Crippen LogP contribution in [0.4, 0.5) is 5.69 Å². The Hall–Kier alpha value is -2.23. The number of benzene rings is 1.